The third kappa shape index (κ3) is 3.44. The molecule has 2 N–H and O–H groups in total. The van der Waals surface area contributed by atoms with Crippen molar-refractivity contribution in [2.24, 2.45) is 5.92 Å². The lowest BCUT2D eigenvalue weighted by Gasteiger charge is -2.08. The van der Waals surface area contributed by atoms with E-state index in [0.717, 1.165) is 24.9 Å². The summed E-state index contributed by atoms with van der Waals surface area (Å²) in [5.74, 6) is 1.34. The zero-order valence-corrected chi connectivity index (χ0v) is 11.9. The Morgan fingerprint density at radius 3 is 2.89 bits per heavy atom. The summed E-state index contributed by atoms with van der Waals surface area (Å²) in [6.45, 7) is 5.19. The van der Waals surface area contributed by atoms with Gasteiger partial charge in [-0.15, -0.1) is 5.10 Å². The first-order valence-corrected chi connectivity index (χ1v) is 6.77. The first kappa shape index (κ1) is 13.8. The number of hydrogen-bond donors (Lipinski definition) is 1. The zero-order valence-electron chi connectivity index (χ0n) is 11.2. The van der Waals surface area contributed by atoms with E-state index in [1.165, 1.54) is 0 Å². The van der Waals surface area contributed by atoms with Gasteiger partial charge in [-0.1, -0.05) is 25.4 Å². The molecule has 2 rings (SSSR count). The van der Waals surface area contributed by atoms with E-state index in [1.807, 2.05) is 0 Å². The summed E-state index contributed by atoms with van der Waals surface area (Å²) in [5.41, 5.74) is 7.21. The van der Waals surface area contributed by atoms with Crippen LogP contribution in [0.4, 0.5) is 5.69 Å². The smallest absolute Gasteiger partial charge is 0.183 e. The molecule has 2 aromatic rings. The Hall–Kier alpha value is -1.62. The monoisotopic (exact) mass is 279 g/mol. The highest BCUT2D eigenvalue weighted by molar-refractivity contribution is 6.33. The number of aromatic nitrogens is 4. The van der Waals surface area contributed by atoms with Crippen molar-refractivity contribution in [3.63, 3.8) is 0 Å². The van der Waals surface area contributed by atoms with E-state index >= 15 is 0 Å². The molecule has 5 nitrogen and oxygen atoms in total. The lowest BCUT2D eigenvalue weighted by molar-refractivity contribution is 0.485. The highest BCUT2D eigenvalue weighted by Crippen LogP contribution is 2.27. The molecule has 0 aliphatic carbocycles. The summed E-state index contributed by atoms with van der Waals surface area (Å²) in [7, 11) is 0. The van der Waals surface area contributed by atoms with Crippen molar-refractivity contribution >= 4 is 17.3 Å². The van der Waals surface area contributed by atoms with Crippen molar-refractivity contribution in [2.75, 3.05) is 5.73 Å². The maximum absolute atomic E-state index is 6.18. The van der Waals surface area contributed by atoms with Crippen molar-refractivity contribution in [1.29, 1.82) is 0 Å². The molecular weight excluding hydrogens is 262 g/mol. The van der Waals surface area contributed by atoms with E-state index in [9.17, 15) is 0 Å². The molecular formula is C13H18ClN5. The Kier molecular flexibility index (Phi) is 4.37. The first-order chi connectivity index (χ1) is 9.08. The molecule has 0 amide bonds. The lowest BCUT2D eigenvalue weighted by Crippen LogP contribution is -2.04. The number of halogens is 1. The van der Waals surface area contributed by atoms with E-state index in [1.54, 1.807) is 22.9 Å². The number of nitrogens with two attached hydrogens (primary N) is 1. The van der Waals surface area contributed by atoms with Gasteiger partial charge in [-0.05, 0) is 47.4 Å². The van der Waals surface area contributed by atoms with Crippen LogP contribution in [0.2, 0.25) is 5.02 Å². The predicted octanol–water partition coefficient (Wildman–Crippen LogP) is 3.01. The summed E-state index contributed by atoms with van der Waals surface area (Å²) >= 11 is 6.18. The fraction of sp³-hybridized carbons (Fsp3) is 0.462. The summed E-state index contributed by atoms with van der Waals surface area (Å²) in [6, 6.07) is 5.32. The van der Waals surface area contributed by atoms with Gasteiger partial charge in [0.2, 0.25) is 0 Å². The van der Waals surface area contributed by atoms with Crippen LogP contribution in [0.5, 0.6) is 0 Å². The molecule has 0 unspecified atom stereocenters. The Morgan fingerprint density at radius 1 is 1.37 bits per heavy atom. The van der Waals surface area contributed by atoms with E-state index < -0.39 is 0 Å². The van der Waals surface area contributed by atoms with Crippen LogP contribution in [0.3, 0.4) is 0 Å². The van der Waals surface area contributed by atoms with Gasteiger partial charge in [0.25, 0.3) is 0 Å². The van der Waals surface area contributed by atoms with Gasteiger partial charge in [-0.3, -0.25) is 0 Å². The minimum absolute atomic E-state index is 0.606. The van der Waals surface area contributed by atoms with Gasteiger partial charge in [0.15, 0.2) is 5.82 Å². The van der Waals surface area contributed by atoms with Crippen molar-refractivity contribution in [3.8, 4) is 11.4 Å². The largest absolute Gasteiger partial charge is 0.399 e. The second kappa shape index (κ2) is 6.02. The van der Waals surface area contributed by atoms with Gasteiger partial charge in [-0.25, -0.2) is 4.68 Å². The van der Waals surface area contributed by atoms with Gasteiger partial charge < -0.3 is 5.73 Å². The number of anilines is 1. The number of rotatable bonds is 5. The molecule has 0 saturated heterocycles. The molecule has 102 valence electrons. The zero-order chi connectivity index (χ0) is 13.8. The molecule has 1 aromatic heterocycles. The fourth-order valence-corrected chi connectivity index (χ4v) is 2.11. The number of aryl methyl sites for hydroxylation is 1. The predicted molar refractivity (Wildman–Crippen MR) is 76.7 cm³/mol. The first-order valence-electron chi connectivity index (χ1n) is 6.39. The maximum Gasteiger partial charge on any atom is 0.183 e. The standard InChI is InChI=1S/C13H18ClN5/c1-9(2)4-3-7-19-13(16-17-18-19)11-8-10(15)5-6-12(11)14/h5-6,8-9H,3-4,7,15H2,1-2H3. The van der Waals surface area contributed by atoms with Crippen LogP contribution in [-0.4, -0.2) is 20.2 Å². The van der Waals surface area contributed by atoms with E-state index in [0.29, 0.717) is 22.5 Å². The van der Waals surface area contributed by atoms with Crippen molar-refractivity contribution in [1.82, 2.24) is 20.2 Å². The van der Waals surface area contributed by atoms with E-state index in [4.69, 9.17) is 17.3 Å². The number of tetrazole rings is 1. The molecule has 0 bridgehead atoms. The molecule has 0 aliphatic heterocycles. The second-order valence-electron chi connectivity index (χ2n) is 5.00. The minimum Gasteiger partial charge on any atom is -0.399 e. The lowest BCUT2D eigenvalue weighted by atomic mass is 10.1. The average Bonchev–Trinajstić information content (AvgIpc) is 2.80. The van der Waals surface area contributed by atoms with Crippen LogP contribution in [-0.2, 0) is 6.54 Å². The van der Waals surface area contributed by atoms with E-state index in [-0.39, 0.29) is 0 Å². The van der Waals surface area contributed by atoms with Crippen LogP contribution in [0.25, 0.3) is 11.4 Å². The highest BCUT2D eigenvalue weighted by Gasteiger charge is 2.12. The normalized spacial score (nSPS) is 11.2. The molecule has 0 spiro atoms. The van der Waals surface area contributed by atoms with Crippen LogP contribution in [0.15, 0.2) is 18.2 Å². The Bertz CT molecular complexity index is 550. The SMILES string of the molecule is CC(C)CCCn1nnnc1-c1cc(N)ccc1Cl. The molecule has 0 radical (unpaired) electrons. The van der Waals surface area contributed by atoms with Gasteiger partial charge in [0, 0.05) is 17.8 Å². The van der Waals surface area contributed by atoms with Crippen molar-refractivity contribution in [3.05, 3.63) is 23.2 Å². The fourth-order valence-electron chi connectivity index (χ4n) is 1.91. The molecule has 1 aromatic carbocycles. The average molecular weight is 280 g/mol. The number of nitrogens with zero attached hydrogens (tertiary/aromatic N) is 4. The van der Waals surface area contributed by atoms with Crippen molar-refractivity contribution < 1.29 is 0 Å². The molecule has 0 atom stereocenters. The quantitative estimate of drug-likeness (QED) is 0.854. The molecule has 0 saturated carbocycles. The molecule has 6 heteroatoms. The van der Waals surface area contributed by atoms with Gasteiger partial charge >= 0.3 is 0 Å². The van der Waals surface area contributed by atoms with Crippen LogP contribution in [0, 0.1) is 5.92 Å². The number of hydrogen-bond acceptors (Lipinski definition) is 4. The van der Waals surface area contributed by atoms with Crippen LogP contribution < -0.4 is 5.73 Å². The Balaban J connectivity index is 2.21. The third-order valence-corrected chi connectivity index (χ3v) is 3.24. The van der Waals surface area contributed by atoms with E-state index in [2.05, 4.69) is 29.4 Å². The summed E-state index contributed by atoms with van der Waals surface area (Å²) in [4.78, 5) is 0. The Labute approximate surface area is 117 Å². The number of benzene rings is 1. The van der Waals surface area contributed by atoms with Gasteiger partial charge in [0.1, 0.15) is 0 Å². The highest BCUT2D eigenvalue weighted by atomic mass is 35.5. The maximum atomic E-state index is 6.18. The topological polar surface area (TPSA) is 69.6 Å². The van der Waals surface area contributed by atoms with Gasteiger partial charge in [-0.2, -0.15) is 0 Å². The summed E-state index contributed by atoms with van der Waals surface area (Å²) in [5, 5.41) is 12.4. The second-order valence-corrected chi connectivity index (χ2v) is 5.41. The van der Waals surface area contributed by atoms with Crippen LogP contribution >= 0.6 is 11.6 Å². The minimum atomic E-state index is 0.606. The molecule has 1 heterocycles. The molecule has 19 heavy (non-hydrogen) atoms. The molecule has 0 fully saturated rings. The molecule has 0 aliphatic rings. The Morgan fingerprint density at radius 2 is 2.16 bits per heavy atom. The van der Waals surface area contributed by atoms with Crippen LogP contribution in [0.1, 0.15) is 26.7 Å². The summed E-state index contributed by atoms with van der Waals surface area (Å²) in [6.07, 6.45) is 2.18. The third-order valence-electron chi connectivity index (χ3n) is 2.91. The summed E-state index contributed by atoms with van der Waals surface area (Å²) < 4.78 is 1.78. The van der Waals surface area contributed by atoms with Gasteiger partial charge in [0.05, 0.1) is 5.02 Å². The number of nitrogen functional groups attached to an aromatic ring is 1. The van der Waals surface area contributed by atoms with Crippen molar-refractivity contribution in [2.45, 2.75) is 33.2 Å².